The molecular weight excluding hydrogens is 292 g/mol. The highest BCUT2D eigenvalue weighted by Gasteiger charge is 2.27. The molecule has 0 bridgehead atoms. The molecule has 1 aliphatic heterocycles. The number of hydrogen-bond donors (Lipinski definition) is 2. The summed E-state index contributed by atoms with van der Waals surface area (Å²) in [6.07, 6.45) is 1.46. The highest BCUT2D eigenvalue weighted by molar-refractivity contribution is 5.89. The van der Waals surface area contributed by atoms with Gasteiger partial charge in [-0.1, -0.05) is 42.5 Å². The second-order valence-electron chi connectivity index (χ2n) is 5.85. The Morgan fingerprint density at radius 1 is 1.22 bits per heavy atom. The third kappa shape index (κ3) is 3.68. The molecule has 5 heteroatoms. The summed E-state index contributed by atoms with van der Waals surface area (Å²) < 4.78 is 5.34. The highest BCUT2D eigenvalue weighted by atomic mass is 16.5. The molecule has 1 heterocycles. The van der Waals surface area contributed by atoms with Gasteiger partial charge in [-0.25, -0.2) is 0 Å². The molecule has 120 valence electrons. The van der Waals surface area contributed by atoms with Crippen molar-refractivity contribution in [1.29, 1.82) is 0 Å². The topological polar surface area (TPSA) is 81.4 Å². The second kappa shape index (κ2) is 6.79. The molecule has 1 fully saturated rings. The van der Waals surface area contributed by atoms with Crippen LogP contribution in [0.1, 0.15) is 18.4 Å². The second-order valence-corrected chi connectivity index (χ2v) is 5.85. The first-order valence-electron chi connectivity index (χ1n) is 7.82. The molecule has 2 aromatic rings. The average molecular weight is 312 g/mol. The van der Waals surface area contributed by atoms with E-state index in [0.29, 0.717) is 19.4 Å². The Labute approximate surface area is 134 Å². The summed E-state index contributed by atoms with van der Waals surface area (Å²) in [5.74, 6) is -0.795. The van der Waals surface area contributed by atoms with Crippen LogP contribution < -0.4 is 11.1 Å². The van der Waals surface area contributed by atoms with E-state index in [2.05, 4.69) is 5.32 Å². The molecule has 3 N–H and O–H groups in total. The van der Waals surface area contributed by atoms with Crippen molar-refractivity contribution in [2.45, 2.75) is 31.4 Å². The van der Waals surface area contributed by atoms with Gasteiger partial charge in [-0.15, -0.1) is 0 Å². The average Bonchev–Trinajstić information content (AvgIpc) is 3.08. The quantitative estimate of drug-likeness (QED) is 0.878. The predicted molar refractivity (Wildman–Crippen MR) is 87.8 cm³/mol. The fraction of sp³-hybridized carbons (Fsp3) is 0.333. The molecule has 23 heavy (non-hydrogen) atoms. The van der Waals surface area contributed by atoms with Gasteiger partial charge in [0.2, 0.25) is 11.8 Å². The van der Waals surface area contributed by atoms with E-state index in [9.17, 15) is 9.59 Å². The van der Waals surface area contributed by atoms with Gasteiger partial charge in [0.05, 0.1) is 0 Å². The predicted octanol–water partition coefficient (Wildman–Crippen LogP) is 1.53. The first-order chi connectivity index (χ1) is 11.1. The maximum Gasteiger partial charge on any atom is 0.249 e. The minimum atomic E-state index is -0.729. The first-order valence-corrected chi connectivity index (χ1v) is 7.82. The number of hydrogen-bond acceptors (Lipinski definition) is 3. The Bertz CT molecular complexity index is 723. The zero-order chi connectivity index (χ0) is 16.2. The molecule has 0 spiro atoms. The molecule has 1 saturated heterocycles. The van der Waals surface area contributed by atoms with Crippen LogP contribution in [-0.4, -0.2) is 30.6 Å². The summed E-state index contributed by atoms with van der Waals surface area (Å²) in [6.45, 7) is 0.587. The van der Waals surface area contributed by atoms with E-state index in [0.717, 1.165) is 22.8 Å². The molecule has 3 rings (SSSR count). The number of carbonyl (C=O) groups excluding carboxylic acids is 2. The summed E-state index contributed by atoms with van der Waals surface area (Å²) in [5.41, 5.74) is 6.41. The smallest absolute Gasteiger partial charge is 0.249 e. The lowest BCUT2D eigenvalue weighted by Crippen LogP contribution is -2.49. The van der Waals surface area contributed by atoms with Crippen LogP contribution in [0.3, 0.4) is 0 Å². The molecule has 0 aromatic heterocycles. The standard InChI is InChI=1S/C18H20N2O3/c19-17(21)15(20-18(22)16-6-3-9-23-16)11-12-7-8-13-4-1-2-5-14(13)10-12/h1-2,4-5,7-8,10,15-16H,3,6,9,11H2,(H2,19,21)(H,20,22)/t15-,16+/m0/s1. The Kier molecular flexibility index (Phi) is 4.57. The van der Waals surface area contributed by atoms with Crippen molar-refractivity contribution in [2.24, 2.45) is 5.73 Å². The summed E-state index contributed by atoms with van der Waals surface area (Å²) >= 11 is 0. The van der Waals surface area contributed by atoms with Crippen molar-refractivity contribution in [3.63, 3.8) is 0 Å². The number of carbonyl (C=O) groups is 2. The maximum absolute atomic E-state index is 12.1. The van der Waals surface area contributed by atoms with Crippen LogP contribution in [-0.2, 0) is 20.7 Å². The third-order valence-corrected chi connectivity index (χ3v) is 4.14. The highest BCUT2D eigenvalue weighted by Crippen LogP contribution is 2.17. The maximum atomic E-state index is 12.1. The number of benzene rings is 2. The van der Waals surface area contributed by atoms with Gasteiger partial charge in [-0.2, -0.15) is 0 Å². The number of ether oxygens (including phenoxy) is 1. The van der Waals surface area contributed by atoms with Gasteiger partial charge >= 0.3 is 0 Å². The number of nitrogens with two attached hydrogens (primary N) is 1. The van der Waals surface area contributed by atoms with Gasteiger partial charge in [0.15, 0.2) is 0 Å². The molecule has 0 radical (unpaired) electrons. The van der Waals surface area contributed by atoms with Crippen molar-refractivity contribution in [1.82, 2.24) is 5.32 Å². The van der Waals surface area contributed by atoms with Crippen LogP contribution in [0.15, 0.2) is 42.5 Å². The zero-order valence-electron chi connectivity index (χ0n) is 12.8. The van der Waals surface area contributed by atoms with Gasteiger partial charge in [0.25, 0.3) is 0 Å². The Hall–Kier alpha value is -2.40. The molecule has 0 aliphatic carbocycles. The Morgan fingerprint density at radius 3 is 2.70 bits per heavy atom. The lowest BCUT2D eigenvalue weighted by Gasteiger charge is -2.18. The number of fused-ring (bicyclic) bond motifs is 1. The van der Waals surface area contributed by atoms with Gasteiger partial charge in [-0.05, 0) is 29.2 Å². The molecule has 1 aliphatic rings. The molecule has 2 atom stereocenters. The van der Waals surface area contributed by atoms with Gasteiger partial charge < -0.3 is 15.8 Å². The summed E-state index contributed by atoms with van der Waals surface area (Å²) in [7, 11) is 0. The minimum Gasteiger partial charge on any atom is -0.368 e. The summed E-state index contributed by atoms with van der Waals surface area (Å²) in [5, 5.41) is 4.95. The summed E-state index contributed by atoms with van der Waals surface area (Å²) in [6, 6.07) is 13.2. The molecular formula is C18H20N2O3. The normalized spacial score (nSPS) is 18.7. The molecule has 2 amide bonds. The van der Waals surface area contributed by atoms with Crippen molar-refractivity contribution < 1.29 is 14.3 Å². The van der Waals surface area contributed by atoms with Crippen LogP contribution >= 0.6 is 0 Å². The molecule has 0 unspecified atom stereocenters. The number of primary amides is 1. The van der Waals surface area contributed by atoms with Crippen molar-refractivity contribution >= 4 is 22.6 Å². The number of amides is 2. The van der Waals surface area contributed by atoms with E-state index in [4.69, 9.17) is 10.5 Å². The monoisotopic (exact) mass is 312 g/mol. The number of rotatable bonds is 5. The van der Waals surface area contributed by atoms with Gasteiger partial charge in [0, 0.05) is 13.0 Å². The van der Waals surface area contributed by atoms with E-state index in [1.165, 1.54) is 0 Å². The van der Waals surface area contributed by atoms with Crippen LogP contribution in [0.2, 0.25) is 0 Å². The van der Waals surface area contributed by atoms with E-state index >= 15 is 0 Å². The SMILES string of the molecule is NC(=O)[C@H](Cc1ccc2ccccc2c1)NC(=O)[C@H]1CCCO1. The Morgan fingerprint density at radius 2 is 2.00 bits per heavy atom. The van der Waals surface area contributed by atoms with Crippen LogP contribution in [0, 0.1) is 0 Å². The lowest BCUT2D eigenvalue weighted by atomic mass is 10.0. The lowest BCUT2D eigenvalue weighted by molar-refractivity contribution is -0.133. The number of nitrogens with one attached hydrogen (secondary N) is 1. The first kappa shape index (κ1) is 15.5. The molecule has 0 saturated carbocycles. The van der Waals surface area contributed by atoms with E-state index in [1.54, 1.807) is 0 Å². The minimum absolute atomic E-state index is 0.257. The fourth-order valence-corrected chi connectivity index (χ4v) is 2.87. The van der Waals surface area contributed by atoms with Crippen molar-refractivity contribution in [2.75, 3.05) is 6.61 Å². The molecule has 5 nitrogen and oxygen atoms in total. The van der Waals surface area contributed by atoms with E-state index < -0.39 is 18.1 Å². The van der Waals surface area contributed by atoms with Crippen molar-refractivity contribution in [3.8, 4) is 0 Å². The fourth-order valence-electron chi connectivity index (χ4n) is 2.87. The van der Waals surface area contributed by atoms with Gasteiger partial charge in [-0.3, -0.25) is 9.59 Å². The third-order valence-electron chi connectivity index (χ3n) is 4.14. The largest absolute Gasteiger partial charge is 0.368 e. The Balaban J connectivity index is 1.72. The zero-order valence-corrected chi connectivity index (χ0v) is 12.8. The van der Waals surface area contributed by atoms with Crippen LogP contribution in [0.25, 0.3) is 10.8 Å². The summed E-state index contributed by atoms with van der Waals surface area (Å²) in [4.78, 5) is 23.8. The van der Waals surface area contributed by atoms with Crippen molar-refractivity contribution in [3.05, 3.63) is 48.0 Å². The van der Waals surface area contributed by atoms with Crippen LogP contribution in [0.4, 0.5) is 0 Å². The van der Waals surface area contributed by atoms with E-state index in [1.807, 2.05) is 42.5 Å². The molecule has 2 aromatic carbocycles. The van der Waals surface area contributed by atoms with E-state index in [-0.39, 0.29) is 5.91 Å². The van der Waals surface area contributed by atoms with Gasteiger partial charge in [0.1, 0.15) is 12.1 Å². The van der Waals surface area contributed by atoms with Crippen LogP contribution in [0.5, 0.6) is 0 Å².